The van der Waals surface area contributed by atoms with Gasteiger partial charge in [0.25, 0.3) is 0 Å². The molecule has 1 heterocycles. The number of aryl methyl sites for hydroxylation is 4. The third kappa shape index (κ3) is 1.74. The highest BCUT2D eigenvalue weighted by Gasteiger charge is 2.03. The molecule has 1 aromatic heterocycles. The summed E-state index contributed by atoms with van der Waals surface area (Å²) >= 11 is 0. The number of nitrogens with zero attached hydrogens (tertiary/aromatic N) is 1. The maximum Gasteiger partial charge on any atom is 0.0708 e. The van der Waals surface area contributed by atoms with Crippen LogP contribution in [0.5, 0.6) is 0 Å². The summed E-state index contributed by atoms with van der Waals surface area (Å²) < 4.78 is 0. The molecule has 1 heteroatoms. The largest absolute Gasteiger partial charge is 0.253 e. The van der Waals surface area contributed by atoms with Gasteiger partial charge in [0.1, 0.15) is 0 Å². The lowest BCUT2D eigenvalue weighted by molar-refractivity contribution is 1.03. The van der Waals surface area contributed by atoms with E-state index in [0.29, 0.717) is 0 Å². The fourth-order valence-electron chi connectivity index (χ4n) is 1.94. The fraction of sp³-hybridized carbons (Fsp3) is 0.357. The van der Waals surface area contributed by atoms with Crippen LogP contribution in [0.25, 0.3) is 10.9 Å². The second-order valence-electron chi connectivity index (χ2n) is 4.23. The molecular weight excluding hydrogens is 182 g/mol. The normalized spacial score (nSPS) is 10.9. The number of rotatable bonds is 1. The van der Waals surface area contributed by atoms with Gasteiger partial charge in [-0.2, -0.15) is 0 Å². The third-order valence-corrected chi connectivity index (χ3v) is 3.06. The Morgan fingerprint density at radius 3 is 2.20 bits per heavy atom. The van der Waals surface area contributed by atoms with E-state index in [1.54, 1.807) is 0 Å². The molecular formula is C14H17N. The summed E-state index contributed by atoms with van der Waals surface area (Å²) in [6.07, 6.45) is 1.01. The Morgan fingerprint density at radius 1 is 0.933 bits per heavy atom. The Bertz CT molecular complexity index is 512. The average Bonchev–Trinajstić information content (AvgIpc) is 2.20. The van der Waals surface area contributed by atoms with E-state index in [9.17, 15) is 0 Å². The van der Waals surface area contributed by atoms with Crippen LogP contribution in [-0.2, 0) is 6.42 Å². The molecule has 0 aliphatic heterocycles. The number of hydrogen-bond donors (Lipinski definition) is 0. The van der Waals surface area contributed by atoms with Gasteiger partial charge in [-0.3, -0.25) is 4.98 Å². The molecule has 0 radical (unpaired) electrons. The summed E-state index contributed by atoms with van der Waals surface area (Å²) in [6.45, 7) is 8.59. The van der Waals surface area contributed by atoms with Crippen molar-refractivity contribution in [3.8, 4) is 0 Å². The minimum absolute atomic E-state index is 1.01. The zero-order valence-electron chi connectivity index (χ0n) is 9.89. The van der Waals surface area contributed by atoms with Crippen LogP contribution in [0.3, 0.4) is 0 Å². The highest BCUT2D eigenvalue weighted by Crippen LogP contribution is 2.20. The van der Waals surface area contributed by atoms with Crippen LogP contribution >= 0.6 is 0 Å². The Morgan fingerprint density at radius 2 is 1.53 bits per heavy atom. The van der Waals surface area contributed by atoms with Crippen molar-refractivity contribution in [1.82, 2.24) is 4.98 Å². The van der Waals surface area contributed by atoms with Crippen molar-refractivity contribution in [3.63, 3.8) is 0 Å². The maximum absolute atomic E-state index is 4.70. The van der Waals surface area contributed by atoms with Crippen LogP contribution in [0.1, 0.15) is 29.3 Å². The third-order valence-electron chi connectivity index (χ3n) is 3.06. The van der Waals surface area contributed by atoms with E-state index in [0.717, 1.165) is 11.9 Å². The maximum atomic E-state index is 4.70. The minimum Gasteiger partial charge on any atom is -0.253 e. The number of benzene rings is 1. The van der Waals surface area contributed by atoms with Gasteiger partial charge in [0.2, 0.25) is 0 Å². The molecule has 0 saturated carbocycles. The van der Waals surface area contributed by atoms with Gasteiger partial charge in [-0.25, -0.2) is 0 Å². The van der Waals surface area contributed by atoms with Crippen LogP contribution in [0.2, 0.25) is 0 Å². The van der Waals surface area contributed by atoms with Gasteiger partial charge in [-0.1, -0.05) is 6.92 Å². The van der Waals surface area contributed by atoms with Crippen molar-refractivity contribution in [2.75, 3.05) is 0 Å². The molecule has 78 valence electrons. The van der Waals surface area contributed by atoms with Gasteiger partial charge in [-0.15, -0.1) is 0 Å². The highest BCUT2D eigenvalue weighted by molar-refractivity contribution is 5.81. The van der Waals surface area contributed by atoms with Gasteiger partial charge < -0.3 is 0 Å². The fourth-order valence-corrected chi connectivity index (χ4v) is 1.94. The monoisotopic (exact) mass is 199 g/mol. The van der Waals surface area contributed by atoms with Crippen molar-refractivity contribution in [2.45, 2.75) is 34.1 Å². The summed E-state index contributed by atoms with van der Waals surface area (Å²) in [4.78, 5) is 4.70. The highest BCUT2D eigenvalue weighted by atomic mass is 14.7. The smallest absolute Gasteiger partial charge is 0.0708 e. The predicted octanol–water partition coefficient (Wildman–Crippen LogP) is 3.72. The predicted molar refractivity (Wildman–Crippen MR) is 65.3 cm³/mol. The van der Waals surface area contributed by atoms with Crippen LogP contribution in [0, 0.1) is 20.8 Å². The molecule has 0 atom stereocenters. The quantitative estimate of drug-likeness (QED) is 0.682. The first kappa shape index (κ1) is 10.2. The van der Waals surface area contributed by atoms with Crippen molar-refractivity contribution >= 4 is 10.9 Å². The second-order valence-corrected chi connectivity index (χ2v) is 4.23. The summed E-state index contributed by atoms with van der Waals surface area (Å²) in [5.74, 6) is 0. The molecule has 15 heavy (non-hydrogen) atoms. The molecule has 0 amide bonds. The Labute approximate surface area is 91.2 Å². The Balaban J connectivity index is 2.76. The van der Waals surface area contributed by atoms with Crippen molar-refractivity contribution in [1.29, 1.82) is 0 Å². The first-order valence-corrected chi connectivity index (χ1v) is 5.49. The molecule has 0 saturated heterocycles. The molecule has 0 aliphatic rings. The minimum atomic E-state index is 1.01. The summed E-state index contributed by atoms with van der Waals surface area (Å²) in [5.41, 5.74) is 6.30. The van der Waals surface area contributed by atoms with E-state index in [1.165, 1.54) is 27.8 Å². The standard InChI is InChI=1S/C14H17N/c1-5-13-11(4)7-12-6-9(2)10(3)8-14(12)15-13/h6-8H,5H2,1-4H3. The van der Waals surface area contributed by atoms with E-state index in [1.807, 2.05) is 0 Å². The molecule has 0 N–H and O–H groups in total. The second kappa shape index (κ2) is 3.65. The van der Waals surface area contributed by atoms with Crippen molar-refractivity contribution < 1.29 is 0 Å². The first-order chi connectivity index (χ1) is 7.11. The molecule has 2 rings (SSSR count). The topological polar surface area (TPSA) is 12.9 Å². The summed E-state index contributed by atoms with van der Waals surface area (Å²) in [6, 6.07) is 6.65. The lowest BCUT2D eigenvalue weighted by Crippen LogP contribution is -1.94. The van der Waals surface area contributed by atoms with Crippen LogP contribution in [-0.4, -0.2) is 4.98 Å². The van der Waals surface area contributed by atoms with E-state index < -0.39 is 0 Å². The van der Waals surface area contributed by atoms with Gasteiger partial charge >= 0.3 is 0 Å². The average molecular weight is 199 g/mol. The molecule has 0 bridgehead atoms. The molecule has 0 unspecified atom stereocenters. The number of fused-ring (bicyclic) bond motifs is 1. The van der Waals surface area contributed by atoms with Crippen LogP contribution in [0.4, 0.5) is 0 Å². The van der Waals surface area contributed by atoms with Crippen molar-refractivity contribution in [2.24, 2.45) is 0 Å². The lowest BCUT2D eigenvalue weighted by Gasteiger charge is -2.07. The van der Waals surface area contributed by atoms with Gasteiger partial charge in [0.15, 0.2) is 0 Å². The van der Waals surface area contributed by atoms with E-state index in [-0.39, 0.29) is 0 Å². The summed E-state index contributed by atoms with van der Waals surface area (Å²) in [7, 11) is 0. The van der Waals surface area contributed by atoms with E-state index >= 15 is 0 Å². The molecule has 0 spiro atoms. The Hall–Kier alpha value is -1.37. The number of pyridine rings is 1. The Kier molecular flexibility index (Phi) is 2.47. The van der Waals surface area contributed by atoms with Crippen LogP contribution < -0.4 is 0 Å². The van der Waals surface area contributed by atoms with E-state index in [2.05, 4.69) is 45.9 Å². The van der Waals surface area contributed by atoms with Gasteiger partial charge in [0, 0.05) is 11.1 Å². The number of hydrogen-bond acceptors (Lipinski definition) is 1. The van der Waals surface area contributed by atoms with Gasteiger partial charge in [-0.05, 0) is 62.1 Å². The SMILES string of the molecule is CCc1nc2cc(C)c(C)cc2cc1C. The zero-order chi connectivity index (χ0) is 11.0. The first-order valence-electron chi connectivity index (χ1n) is 5.49. The molecule has 1 aromatic carbocycles. The van der Waals surface area contributed by atoms with Crippen molar-refractivity contribution in [3.05, 3.63) is 40.6 Å². The van der Waals surface area contributed by atoms with Crippen LogP contribution in [0.15, 0.2) is 18.2 Å². The number of aromatic nitrogens is 1. The molecule has 0 aliphatic carbocycles. The lowest BCUT2D eigenvalue weighted by atomic mass is 10.0. The molecule has 2 aromatic rings. The zero-order valence-corrected chi connectivity index (χ0v) is 9.89. The molecule has 1 nitrogen and oxygen atoms in total. The summed E-state index contributed by atoms with van der Waals surface area (Å²) in [5, 5.41) is 1.26. The van der Waals surface area contributed by atoms with E-state index in [4.69, 9.17) is 4.98 Å². The molecule has 0 fully saturated rings. The van der Waals surface area contributed by atoms with Gasteiger partial charge in [0.05, 0.1) is 5.52 Å².